The predicted octanol–water partition coefficient (Wildman–Crippen LogP) is 4.12. The first-order chi connectivity index (χ1) is 10.3. The van der Waals surface area contributed by atoms with E-state index in [4.69, 9.17) is 4.74 Å². The third kappa shape index (κ3) is 5.33. The lowest BCUT2D eigenvalue weighted by Crippen LogP contribution is -2.16. The first-order valence-electron chi connectivity index (χ1n) is 7.62. The molecule has 0 aliphatic heterocycles. The Morgan fingerprint density at radius 2 is 1.76 bits per heavy atom. The van der Waals surface area contributed by atoms with E-state index in [9.17, 15) is 0 Å². The summed E-state index contributed by atoms with van der Waals surface area (Å²) in [5.74, 6) is 0.596. The van der Waals surface area contributed by atoms with Crippen molar-refractivity contribution in [1.29, 1.82) is 0 Å². The smallest absolute Gasteiger partial charge is 0.0713 e. The van der Waals surface area contributed by atoms with Gasteiger partial charge in [-0.2, -0.15) is 0 Å². The molecule has 1 unspecified atom stereocenters. The molecule has 0 spiro atoms. The summed E-state index contributed by atoms with van der Waals surface area (Å²) in [6, 6.07) is 19.3. The Morgan fingerprint density at radius 3 is 2.52 bits per heavy atom. The van der Waals surface area contributed by atoms with E-state index in [0.717, 1.165) is 19.5 Å². The molecule has 0 aliphatic rings. The highest BCUT2D eigenvalue weighted by Crippen LogP contribution is 2.17. The fourth-order valence-corrected chi connectivity index (χ4v) is 2.50. The normalized spacial score (nSPS) is 12.3. The molecule has 112 valence electrons. The molecule has 0 heterocycles. The van der Waals surface area contributed by atoms with Crippen LogP contribution in [0.15, 0.2) is 54.6 Å². The minimum absolute atomic E-state index is 0.596. The van der Waals surface area contributed by atoms with E-state index in [1.165, 1.54) is 16.7 Å². The van der Waals surface area contributed by atoms with Gasteiger partial charge in [-0.15, -0.1) is 0 Å². The number of hydrogen-bond acceptors (Lipinski definition) is 2. The van der Waals surface area contributed by atoms with Crippen molar-refractivity contribution in [3.8, 4) is 0 Å². The highest BCUT2D eigenvalue weighted by Gasteiger charge is 2.04. The van der Waals surface area contributed by atoms with Crippen molar-refractivity contribution in [3.05, 3.63) is 71.3 Å². The maximum absolute atomic E-state index is 5.17. The fourth-order valence-electron chi connectivity index (χ4n) is 2.50. The number of methoxy groups -OCH3 is 1. The van der Waals surface area contributed by atoms with Crippen molar-refractivity contribution in [2.24, 2.45) is 0 Å². The van der Waals surface area contributed by atoms with Crippen LogP contribution in [0.5, 0.6) is 0 Å². The van der Waals surface area contributed by atoms with E-state index in [1.54, 1.807) is 7.11 Å². The van der Waals surface area contributed by atoms with Crippen molar-refractivity contribution in [3.63, 3.8) is 0 Å². The Kier molecular flexibility index (Phi) is 6.45. The van der Waals surface area contributed by atoms with E-state index in [2.05, 4.69) is 66.8 Å². The van der Waals surface area contributed by atoms with Crippen molar-refractivity contribution < 1.29 is 4.74 Å². The number of ether oxygens (including phenoxy) is 1. The summed E-state index contributed by atoms with van der Waals surface area (Å²) in [5.41, 5.74) is 3.97. The zero-order valence-corrected chi connectivity index (χ0v) is 13.0. The highest BCUT2D eigenvalue weighted by molar-refractivity contribution is 5.23. The highest BCUT2D eigenvalue weighted by atomic mass is 16.5. The lowest BCUT2D eigenvalue weighted by Gasteiger charge is -2.12. The summed E-state index contributed by atoms with van der Waals surface area (Å²) in [6.07, 6.45) is 1.15. The molecular formula is C19H25NO. The van der Waals surface area contributed by atoms with Crippen LogP contribution in [0.25, 0.3) is 0 Å². The van der Waals surface area contributed by atoms with Gasteiger partial charge in [0.25, 0.3) is 0 Å². The lowest BCUT2D eigenvalue weighted by atomic mass is 9.98. The maximum Gasteiger partial charge on any atom is 0.0713 e. The van der Waals surface area contributed by atoms with E-state index < -0.39 is 0 Å². The minimum Gasteiger partial charge on any atom is -0.380 e. The van der Waals surface area contributed by atoms with Gasteiger partial charge >= 0.3 is 0 Å². The van der Waals surface area contributed by atoms with Crippen LogP contribution in [0.2, 0.25) is 0 Å². The lowest BCUT2D eigenvalue weighted by molar-refractivity contribution is 0.185. The van der Waals surface area contributed by atoms with Crippen LogP contribution in [0, 0.1) is 0 Å². The summed E-state index contributed by atoms with van der Waals surface area (Å²) in [5, 5.41) is 3.53. The monoisotopic (exact) mass is 283 g/mol. The topological polar surface area (TPSA) is 21.3 Å². The number of benzene rings is 2. The zero-order chi connectivity index (χ0) is 14.9. The second-order valence-corrected chi connectivity index (χ2v) is 5.53. The molecule has 0 radical (unpaired) electrons. The molecule has 1 N–H and O–H groups in total. The molecule has 0 aliphatic carbocycles. The second kappa shape index (κ2) is 8.60. The molecule has 21 heavy (non-hydrogen) atoms. The summed E-state index contributed by atoms with van der Waals surface area (Å²) in [7, 11) is 1.73. The van der Waals surface area contributed by atoms with Gasteiger partial charge in [0.2, 0.25) is 0 Å². The molecule has 0 amide bonds. The van der Waals surface area contributed by atoms with Crippen LogP contribution in [0.4, 0.5) is 0 Å². The Labute approximate surface area is 128 Å². The van der Waals surface area contributed by atoms with E-state index in [0.29, 0.717) is 12.5 Å². The van der Waals surface area contributed by atoms with Crippen LogP contribution in [0.1, 0.15) is 36.0 Å². The van der Waals surface area contributed by atoms with E-state index >= 15 is 0 Å². The van der Waals surface area contributed by atoms with Gasteiger partial charge in [-0.3, -0.25) is 0 Å². The van der Waals surface area contributed by atoms with Gasteiger partial charge in [-0.1, -0.05) is 61.5 Å². The quantitative estimate of drug-likeness (QED) is 0.736. The molecule has 0 saturated carbocycles. The standard InChI is InChI=1S/C19H25NO/c1-16(19-9-4-3-5-10-19)11-12-20-14-17-7-6-8-18(13-17)15-21-2/h3-10,13,16,20H,11-12,14-15H2,1-2H3. The van der Waals surface area contributed by atoms with Crippen molar-refractivity contribution >= 4 is 0 Å². The van der Waals surface area contributed by atoms with Crippen LogP contribution >= 0.6 is 0 Å². The molecule has 2 aromatic carbocycles. The van der Waals surface area contributed by atoms with Crippen molar-refractivity contribution in [1.82, 2.24) is 5.32 Å². The Bertz CT molecular complexity index is 524. The van der Waals surface area contributed by atoms with E-state index in [-0.39, 0.29) is 0 Å². The molecule has 0 fully saturated rings. The van der Waals surface area contributed by atoms with Gasteiger partial charge in [0.1, 0.15) is 0 Å². The first kappa shape index (κ1) is 15.7. The maximum atomic E-state index is 5.17. The van der Waals surface area contributed by atoms with Crippen molar-refractivity contribution in [2.75, 3.05) is 13.7 Å². The average Bonchev–Trinajstić information content (AvgIpc) is 2.53. The van der Waals surface area contributed by atoms with Crippen LogP contribution in [0.3, 0.4) is 0 Å². The third-order valence-electron chi connectivity index (χ3n) is 3.75. The SMILES string of the molecule is COCc1cccc(CNCCC(C)c2ccccc2)c1. The van der Waals surface area contributed by atoms with Crippen LogP contribution in [-0.2, 0) is 17.9 Å². The Morgan fingerprint density at radius 1 is 1.00 bits per heavy atom. The first-order valence-corrected chi connectivity index (χ1v) is 7.62. The number of nitrogens with one attached hydrogen (secondary N) is 1. The third-order valence-corrected chi connectivity index (χ3v) is 3.75. The number of hydrogen-bond donors (Lipinski definition) is 1. The molecule has 2 heteroatoms. The molecule has 2 aromatic rings. The summed E-state index contributed by atoms with van der Waals surface area (Å²) in [4.78, 5) is 0. The van der Waals surface area contributed by atoms with Gasteiger partial charge in [0.15, 0.2) is 0 Å². The molecule has 1 atom stereocenters. The molecule has 0 bridgehead atoms. The zero-order valence-electron chi connectivity index (χ0n) is 13.0. The Hall–Kier alpha value is -1.64. The second-order valence-electron chi connectivity index (χ2n) is 5.53. The molecule has 2 rings (SSSR count). The molecule has 0 saturated heterocycles. The summed E-state index contributed by atoms with van der Waals surface area (Å²) in [6.45, 7) is 4.92. The Balaban J connectivity index is 1.73. The molecular weight excluding hydrogens is 258 g/mol. The van der Waals surface area contributed by atoms with Gasteiger partial charge in [0.05, 0.1) is 6.61 Å². The van der Waals surface area contributed by atoms with Gasteiger partial charge in [0, 0.05) is 13.7 Å². The average molecular weight is 283 g/mol. The van der Waals surface area contributed by atoms with Crippen molar-refractivity contribution in [2.45, 2.75) is 32.4 Å². The largest absolute Gasteiger partial charge is 0.380 e. The van der Waals surface area contributed by atoms with Gasteiger partial charge < -0.3 is 10.1 Å². The van der Waals surface area contributed by atoms with E-state index in [1.807, 2.05) is 0 Å². The van der Waals surface area contributed by atoms with Crippen LogP contribution in [-0.4, -0.2) is 13.7 Å². The fraction of sp³-hybridized carbons (Fsp3) is 0.368. The summed E-state index contributed by atoms with van der Waals surface area (Å²) < 4.78 is 5.17. The molecule has 2 nitrogen and oxygen atoms in total. The van der Waals surface area contributed by atoms with Gasteiger partial charge in [-0.25, -0.2) is 0 Å². The van der Waals surface area contributed by atoms with Crippen LogP contribution < -0.4 is 5.32 Å². The molecule has 0 aromatic heterocycles. The number of rotatable bonds is 8. The minimum atomic E-state index is 0.596. The summed E-state index contributed by atoms with van der Waals surface area (Å²) >= 11 is 0. The predicted molar refractivity (Wildman–Crippen MR) is 88.3 cm³/mol. The van der Waals surface area contributed by atoms with Gasteiger partial charge in [-0.05, 0) is 35.6 Å².